The van der Waals surface area contributed by atoms with E-state index in [1.165, 1.54) is 56.9 Å². The molecule has 10 atom stereocenters. The Morgan fingerprint density at radius 2 is 1.97 bits per heavy atom. The van der Waals surface area contributed by atoms with Gasteiger partial charge in [0.1, 0.15) is 0 Å². The van der Waals surface area contributed by atoms with E-state index in [2.05, 4.69) is 38.7 Å². The third-order valence-electron chi connectivity index (χ3n) is 12.0. The fourth-order valence-electron chi connectivity index (χ4n) is 10.5. The molecule has 5 fully saturated rings. The van der Waals surface area contributed by atoms with Gasteiger partial charge in [0.25, 0.3) is 0 Å². The molecule has 0 aromatic carbocycles. The molecule has 0 amide bonds. The van der Waals surface area contributed by atoms with Crippen LogP contribution in [0, 0.1) is 58.7 Å². The lowest BCUT2D eigenvalue weighted by atomic mass is 9.45. The number of hydrogen-bond acceptors (Lipinski definition) is 3. The molecule has 1 spiro atoms. The third-order valence-corrected chi connectivity index (χ3v) is 12.0. The highest BCUT2D eigenvalue weighted by Gasteiger charge is 2.77. The van der Waals surface area contributed by atoms with Crippen molar-refractivity contribution < 1.29 is 9.47 Å². The molecule has 0 radical (unpaired) electrons. The lowest BCUT2D eigenvalue weighted by molar-refractivity contribution is -0.161. The van der Waals surface area contributed by atoms with Crippen molar-refractivity contribution >= 4 is 0 Å². The first kappa shape index (κ1) is 21.4. The van der Waals surface area contributed by atoms with E-state index in [0.29, 0.717) is 28.3 Å². The van der Waals surface area contributed by atoms with Gasteiger partial charge in [-0.2, -0.15) is 0 Å². The van der Waals surface area contributed by atoms with Gasteiger partial charge in [-0.1, -0.05) is 20.8 Å². The molecule has 5 saturated carbocycles. The van der Waals surface area contributed by atoms with E-state index in [-0.39, 0.29) is 0 Å². The van der Waals surface area contributed by atoms with Gasteiger partial charge >= 0.3 is 0 Å². The van der Waals surface area contributed by atoms with Gasteiger partial charge in [-0.05, 0) is 116 Å². The molecule has 0 bridgehead atoms. The summed E-state index contributed by atoms with van der Waals surface area (Å²) in [7, 11) is 2.01. The lowest BCUT2D eigenvalue weighted by Crippen LogP contribution is -2.57. The second-order valence-electron chi connectivity index (χ2n) is 12.9. The zero-order chi connectivity index (χ0) is 22.3. The van der Waals surface area contributed by atoms with E-state index in [0.717, 1.165) is 42.1 Å². The summed E-state index contributed by atoms with van der Waals surface area (Å²) in [6.07, 6.45) is 13.7. The molecular formula is C29H43NO2. The van der Waals surface area contributed by atoms with Gasteiger partial charge in [0.05, 0.1) is 12.7 Å². The molecule has 3 heteroatoms. The summed E-state index contributed by atoms with van der Waals surface area (Å²) in [6, 6.07) is 4.10. The van der Waals surface area contributed by atoms with Crippen LogP contribution in [-0.2, 0) is 4.74 Å². The Morgan fingerprint density at radius 1 is 1.12 bits per heavy atom. The molecule has 0 aliphatic heterocycles. The standard InChI is InChI=1S/C29H43NO2/c1-18-10-13-30-26(14-18)32-17-19(2)22-6-7-23-21-15-25(31-5)29-16-20(29)8-12-28(29,4)24(21)9-11-27(22,23)3/h10,13-14,19-25H,6-9,11-12,15-17H2,1-5H3/t19-,20-,21+,22-,23+,24+,25?,27-,28-,29-/m1/s1. The molecule has 3 nitrogen and oxygen atoms in total. The Hall–Kier alpha value is -1.09. The summed E-state index contributed by atoms with van der Waals surface area (Å²) in [5.74, 6) is 5.76. The second-order valence-corrected chi connectivity index (χ2v) is 12.9. The van der Waals surface area contributed by atoms with Crippen molar-refractivity contribution in [1.82, 2.24) is 4.98 Å². The Balaban J connectivity index is 1.21. The summed E-state index contributed by atoms with van der Waals surface area (Å²) in [6.45, 7) is 10.7. The minimum Gasteiger partial charge on any atom is -0.477 e. The highest BCUT2D eigenvalue weighted by atomic mass is 16.5. The average molecular weight is 438 g/mol. The summed E-state index contributed by atoms with van der Waals surface area (Å²) in [5, 5.41) is 0. The number of pyridine rings is 1. The molecule has 1 unspecified atom stereocenters. The van der Waals surface area contributed by atoms with Crippen LogP contribution < -0.4 is 4.74 Å². The normalized spacial score (nSPS) is 49.5. The van der Waals surface area contributed by atoms with Crippen LogP contribution in [0.25, 0.3) is 0 Å². The molecule has 5 aliphatic rings. The number of aromatic nitrogens is 1. The van der Waals surface area contributed by atoms with E-state index in [1.54, 1.807) is 0 Å². The number of ether oxygens (including phenoxy) is 2. The van der Waals surface area contributed by atoms with Crippen LogP contribution >= 0.6 is 0 Å². The number of hydrogen-bond donors (Lipinski definition) is 0. The van der Waals surface area contributed by atoms with Crippen LogP contribution in [-0.4, -0.2) is 24.8 Å². The second kappa shape index (κ2) is 7.20. The summed E-state index contributed by atoms with van der Waals surface area (Å²) in [4.78, 5) is 4.42. The number of methoxy groups -OCH3 is 1. The quantitative estimate of drug-likeness (QED) is 0.514. The molecule has 5 aliphatic carbocycles. The van der Waals surface area contributed by atoms with Crippen molar-refractivity contribution in [2.24, 2.45) is 51.8 Å². The Kier molecular flexibility index (Phi) is 4.83. The van der Waals surface area contributed by atoms with Gasteiger partial charge < -0.3 is 9.47 Å². The Bertz CT molecular complexity index is 886. The fourth-order valence-corrected chi connectivity index (χ4v) is 10.5. The molecule has 32 heavy (non-hydrogen) atoms. The van der Waals surface area contributed by atoms with Crippen LogP contribution in [0.3, 0.4) is 0 Å². The van der Waals surface area contributed by atoms with Gasteiger partial charge in [0.2, 0.25) is 5.88 Å². The van der Waals surface area contributed by atoms with E-state index in [4.69, 9.17) is 9.47 Å². The molecule has 1 heterocycles. The monoisotopic (exact) mass is 437 g/mol. The maximum Gasteiger partial charge on any atom is 0.213 e. The van der Waals surface area contributed by atoms with Crippen molar-refractivity contribution in [2.45, 2.75) is 85.2 Å². The van der Waals surface area contributed by atoms with Gasteiger partial charge in [0.15, 0.2) is 0 Å². The van der Waals surface area contributed by atoms with Crippen molar-refractivity contribution in [3.63, 3.8) is 0 Å². The average Bonchev–Trinajstić information content (AvgIpc) is 3.28. The molecule has 0 saturated heterocycles. The highest BCUT2D eigenvalue weighted by Crippen LogP contribution is 2.82. The van der Waals surface area contributed by atoms with Crippen LogP contribution in [0.2, 0.25) is 0 Å². The molecular weight excluding hydrogens is 394 g/mol. The van der Waals surface area contributed by atoms with Gasteiger partial charge in [0, 0.05) is 24.8 Å². The van der Waals surface area contributed by atoms with E-state index >= 15 is 0 Å². The predicted molar refractivity (Wildman–Crippen MR) is 127 cm³/mol. The van der Waals surface area contributed by atoms with Crippen LogP contribution in [0.15, 0.2) is 18.3 Å². The minimum atomic E-state index is 0.463. The Labute approximate surface area is 195 Å². The zero-order valence-corrected chi connectivity index (χ0v) is 20.9. The van der Waals surface area contributed by atoms with Crippen molar-refractivity contribution in [2.75, 3.05) is 13.7 Å². The zero-order valence-electron chi connectivity index (χ0n) is 20.9. The third kappa shape index (κ3) is 2.72. The number of aryl methyl sites for hydroxylation is 1. The van der Waals surface area contributed by atoms with Crippen molar-refractivity contribution in [1.29, 1.82) is 0 Å². The fraction of sp³-hybridized carbons (Fsp3) is 0.828. The summed E-state index contributed by atoms with van der Waals surface area (Å²) >= 11 is 0. The van der Waals surface area contributed by atoms with Crippen molar-refractivity contribution in [3.05, 3.63) is 23.9 Å². The van der Waals surface area contributed by atoms with E-state index < -0.39 is 0 Å². The first-order chi connectivity index (χ1) is 15.3. The van der Waals surface area contributed by atoms with E-state index in [9.17, 15) is 0 Å². The minimum absolute atomic E-state index is 0.463. The maximum atomic E-state index is 6.29. The molecule has 0 N–H and O–H groups in total. The molecule has 1 aromatic heterocycles. The van der Waals surface area contributed by atoms with Gasteiger partial charge in [-0.25, -0.2) is 4.98 Å². The van der Waals surface area contributed by atoms with Crippen LogP contribution in [0.4, 0.5) is 0 Å². The molecule has 1 aromatic rings. The first-order valence-electron chi connectivity index (χ1n) is 13.4. The predicted octanol–water partition coefficient (Wildman–Crippen LogP) is 6.69. The highest BCUT2D eigenvalue weighted by molar-refractivity contribution is 5.26. The maximum absolute atomic E-state index is 6.29. The summed E-state index contributed by atoms with van der Waals surface area (Å²) in [5.41, 5.74) is 2.75. The van der Waals surface area contributed by atoms with Gasteiger partial charge in [-0.15, -0.1) is 0 Å². The molecule has 176 valence electrons. The summed E-state index contributed by atoms with van der Waals surface area (Å²) < 4.78 is 12.5. The smallest absolute Gasteiger partial charge is 0.213 e. The van der Waals surface area contributed by atoms with Gasteiger partial charge in [-0.3, -0.25) is 0 Å². The number of rotatable bonds is 5. The Morgan fingerprint density at radius 3 is 2.72 bits per heavy atom. The number of fused-ring (bicyclic) bond motifs is 4. The number of nitrogens with zero attached hydrogens (tertiary/aromatic N) is 1. The van der Waals surface area contributed by atoms with Crippen LogP contribution in [0.1, 0.15) is 77.7 Å². The van der Waals surface area contributed by atoms with Crippen LogP contribution in [0.5, 0.6) is 5.88 Å². The lowest BCUT2D eigenvalue weighted by Gasteiger charge is -2.61. The van der Waals surface area contributed by atoms with Crippen molar-refractivity contribution in [3.8, 4) is 5.88 Å². The van der Waals surface area contributed by atoms with E-state index in [1.807, 2.05) is 19.4 Å². The first-order valence-corrected chi connectivity index (χ1v) is 13.4. The SMILES string of the molecule is COC1C[C@H]2[C@@H]3CC[C@H]([C@H](C)COc4cc(C)ccn4)[C@@]3(C)CC[C@@H]2[C@@]2(C)CC[C@@H]3C[C@]132. The molecule has 6 rings (SSSR count). The topological polar surface area (TPSA) is 31.4 Å². The largest absolute Gasteiger partial charge is 0.477 e.